The highest BCUT2D eigenvalue weighted by atomic mass is 35.5. The first-order valence-corrected chi connectivity index (χ1v) is 11.2. The van der Waals surface area contributed by atoms with Crippen LogP contribution in [0.5, 0.6) is 0 Å². The van der Waals surface area contributed by atoms with Gasteiger partial charge in [-0.3, -0.25) is 14.5 Å². The number of ether oxygens (including phenoxy) is 2. The van der Waals surface area contributed by atoms with Crippen molar-refractivity contribution in [3.05, 3.63) is 35.9 Å². The van der Waals surface area contributed by atoms with Crippen LogP contribution in [0.4, 0.5) is 0 Å². The van der Waals surface area contributed by atoms with E-state index >= 15 is 0 Å². The largest absolute Gasteiger partial charge is 0.459 e. The maximum absolute atomic E-state index is 12.2. The minimum absolute atomic E-state index is 0. The molecule has 2 unspecified atom stereocenters. The summed E-state index contributed by atoms with van der Waals surface area (Å²) in [6, 6.07) is 10.1. The summed E-state index contributed by atoms with van der Waals surface area (Å²) in [5.74, 6) is 0.571. The molecule has 0 aromatic heterocycles. The Labute approximate surface area is 212 Å². The van der Waals surface area contributed by atoms with E-state index in [4.69, 9.17) is 9.47 Å². The Bertz CT molecular complexity index is 747. The van der Waals surface area contributed by atoms with E-state index in [1.165, 1.54) is 5.56 Å². The maximum Gasteiger partial charge on any atom is 0.324 e. The lowest BCUT2D eigenvalue weighted by Crippen LogP contribution is -2.59. The molecular weight excluding hydrogens is 463 g/mol. The molecule has 1 aromatic carbocycles. The highest BCUT2D eigenvalue weighted by Gasteiger charge is 2.43. The molecule has 2 saturated heterocycles. The van der Waals surface area contributed by atoms with Crippen LogP contribution in [-0.2, 0) is 25.6 Å². The second-order valence-corrected chi connectivity index (χ2v) is 10.8. The molecule has 0 bridgehead atoms. The number of carbonyl (C=O) groups is 2. The number of nitrogens with one attached hydrogen (secondary N) is 1. The summed E-state index contributed by atoms with van der Waals surface area (Å²) >= 11 is 0. The third kappa shape index (κ3) is 10.2. The van der Waals surface area contributed by atoms with Gasteiger partial charge in [0.05, 0.1) is 0 Å². The number of benzene rings is 1. The Morgan fingerprint density at radius 3 is 1.82 bits per heavy atom. The van der Waals surface area contributed by atoms with E-state index in [2.05, 4.69) is 29.3 Å². The zero-order chi connectivity index (χ0) is 23.4. The molecule has 4 atom stereocenters. The summed E-state index contributed by atoms with van der Waals surface area (Å²) in [5.41, 5.74) is 0.460. The molecule has 0 saturated carbocycles. The molecule has 2 heterocycles. The number of nitrogens with zero attached hydrogens (tertiary/aromatic N) is 1. The first-order valence-electron chi connectivity index (χ1n) is 11.2. The van der Waals surface area contributed by atoms with Gasteiger partial charge in [0, 0.05) is 19.6 Å². The molecule has 1 N–H and O–H groups in total. The van der Waals surface area contributed by atoms with Gasteiger partial charge >= 0.3 is 11.9 Å². The van der Waals surface area contributed by atoms with E-state index in [1.54, 1.807) is 0 Å². The van der Waals surface area contributed by atoms with Gasteiger partial charge in [-0.05, 0) is 58.9 Å². The van der Waals surface area contributed by atoms with E-state index in [0.717, 1.165) is 19.6 Å². The lowest BCUT2D eigenvalue weighted by atomic mass is 9.89. The topological polar surface area (TPSA) is 67.9 Å². The van der Waals surface area contributed by atoms with Crippen LogP contribution in [-0.4, -0.2) is 53.2 Å². The third-order valence-corrected chi connectivity index (χ3v) is 5.22. The average Bonchev–Trinajstić information content (AvgIpc) is 2.57. The van der Waals surface area contributed by atoms with Crippen molar-refractivity contribution in [3.8, 4) is 0 Å². The van der Waals surface area contributed by atoms with Crippen LogP contribution in [0.2, 0.25) is 0 Å². The molecule has 8 heteroatoms. The summed E-state index contributed by atoms with van der Waals surface area (Å²) in [4.78, 5) is 25.7. The molecule has 2 aliphatic rings. The van der Waals surface area contributed by atoms with Crippen molar-refractivity contribution in [2.75, 3.05) is 13.1 Å². The highest BCUT2D eigenvalue weighted by Crippen LogP contribution is 2.28. The molecule has 6 nitrogen and oxygen atoms in total. The molecule has 0 radical (unpaired) electrons. The zero-order valence-electron chi connectivity index (χ0n) is 21.2. The van der Waals surface area contributed by atoms with Crippen molar-refractivity contribution in [2.45, 2.75) is 85.2 Å². The number of likely N-dealkylation sites (tertiary alicyclic amines) is 1. The van der Waals surface area contributed by atoms with Gasteiger partial charge < -0.3 is 14.8 Å². The molecule has 0 spiro atoms. The quantitative estimate of drug-likeness (QED) is 0.602. The highest BCUT2D eigenvalue weighted by molar-refractivity contribution is 5.85. The van der Waals surface area contributed by atoms with E-state index in [-0.39, 0.29) is 54.4 Å². The van der Waals surface area contributed by atoms with Gasteiger partial charge in [0.25, 0.3) is 0 Å². The van der Waals surface area contributed by atoms with Gasteiger partial charge in [0.1, 0.15) is 23.3 Å². The fraction of sp³-hybridized carbons (Fsp3) is 0.680. The maximum atomic E-state index is 12.2. The van der Waals surface area contributed by atoms with E-state index in [0.29, 0.717) is 11.8 Å². The van der Waals surface area contributed by atoms with Crippen molar-refractivity contribution in [1.29, 1.82) is 0 Å². The average molecular weight is 506 g/mol. The van der Waals surface area contributed by atoms with Gasteiger partial charge in [-0.2, -0.15) is 0 Å². The Morgan fingerprint density at radius 2 is 1.42 bits per heavy atom. The molecule has 2 aliphatic heterocycles. The molecule has 0 aliphatic carbocycles. The minimum atomic E-state index is -0.412. The Hall–Kier alpha value is -1.34. The smallest absolute Gasteiger partial charge is 0.324 e. The number of carbonyl (C=O) groups excluding carboxylic acids is 2. The van der Waals surface area contributed by atoms with Crippen LogP contribution in [0.1, 0.15) is 61.0 Å². The van der Waals surface area contributed by atoms with Crippen LogP contribution in [0.3, 0.4) is 0 Å². The van der Waals surface area contributed by atoms with Gasteiger partial charge in [0.15, 0.2) is 0 Å². The lowest BCUT2D eigenvalue weighted by Gasteiger charge is -2.45. The monoisotopic (exact) mass is 504 g/mol. The number of hydrogen-bond donors (Lipinski definition) is 1. The Balaban J connectivity index is 0.000000640. The fourth-order valence-electron chi connectivity index (χ4n) is 3.68. The van der Waals surface area contributed by atoms with Gasteiger partial charge in [-0.15, -0.1) is 24.8 Å². The fourth-order valence-corrected chi connectivity index (χ4v) is 3.68. The molecule has 2 fully saturated rings. The number of hydrogen-bond acceptors (Lipinski definition) is 6. The number of rotatable bonds is 4. The zero-order valence-corrected chi connectivity index (χ0v) is 22.8. The molecule has 1 aromatic rings. The van der Waals surface area contributed by atoms with Gasteiger partial charge in [-0.25, -0.2) is 0 Å². The third-order valence-electron chi connectivity index (χ3n) is 5.22. The first-order chi connectivity index (χ1) is 14.3. The molecule has 3 rings (SSSR count). The SMILES string of the molecule is C[C@H]1CN(Cc2ccccc2)C1C(=O)OC(C)(C)C.C[C@H]1CNC1C(=O)OC(C)(C)C.Cl.Cl. The summed E-state index contributed by atoms with van der Waals surface area (Å²) in [7, 11) is 0. The minimum Gasteiger partial charge on any atom is -0.459 e. The molecule has 0 amide bonds. The van der Waals surface area contributed by atoms with Crippen LogP contribution >= 0.6 is 24.8 Å². The first kappa shape index (κ1) is 31.7. The van der Waals surface area contributed by atoms with Gasteiger partial charge in [-0.1, -0.05) is 44.2 Å². The molecule has 33 heavy (non-hydrogen) atoms. The van der Waals surface area contributed by atoms with Crippen LogP contribution in [0, 0.1) is 11.8 Å². The Morgan fingerprint density at radius 1 is 0.909 bits per heavy atom. The predicted molar refractivity (Wildman–Crippen MR) is 137 cm³/mol. The van der Waals surface area contributed by atoms with E-state index < -0.39 is 5.60 Å². The van der Waals surface area contributed by atoms with Crippen molar-refractivity contribution in [2.24, 2.45) is 11.8 Å². The molecule has 190 valence electrons. The van der Waals surface area contributed by atoms with Crippen LogP contribution in [0.15, 0.2) is 30.3 Å². The van der Waals surface area contributed by atoms with Crippen molar-refractivity contribution in [1.82, 2.24) is 10.2 Å². The van der Waals surface area contributed by atoms with Gasteiger partial charge in [0.2, 0.25) is 0 Å². The number of halogens is 2. The summed E-state index contributed by atoms with van der Waals surface area (Å²) in [6.07, 6.45) is 0. The van der Waals surface area contributed by atoms with Crippen molar-refractivity contribution in [3.63, 3.8) is 0 Å². The normalized spacial score (nSPS) is 24.4. The van der Waals surface area contributed by atoms with Crippen molar-refractivity contribution >= 4 is 36.8 Å². The van der Waals surface area contributed by atoms with Crippen LogP contribution in [0.25, 0.3) is 0 Å². The predicted octanol–water partition coefficient (Wildman–Crippen LogP) is 4.63. The van der Waals surface area contributed by atoms with E-state index in [1.807, 2.05) is 66.7 Å². The van der Waals surface area contributed by atoms with Crippen molar-refractivity contribution < 1.29 is 19.1 Å². The second-order valence-electron chi connectivity index (χ2n) is 10.8. The Kier molecular flexibility index (Phi) is 12.4. The standard InChI is InChI=1S/C16H23NO2.C9H17NO2.2ClH/c1-12-10-17(11-13-8-6-5-7-9-13)14(12)15(18)19-16(2,3)4;1-6-5-10-7(6)8(11)12-9(2,3)4;;/h5-9,12,14H,10-11H2,1-4H3;6-7,10H,5H2,1-4H3;2*1H/t12-,14?;6-,7?;;/m00../s1. The summed E-state index contributed by atoms with van der Waals surface area (Å²) < 4.78 is 10.7. The number of esters is 2. The summed E-state index contributed by atoms with van der Waals surface area (Å²) in [5, 5.41) is 3.04. The molecular formula is C25H42Cl2N2O4. The van der Waals surface area contributed by atoms with E-state index in [9.17, 15) is 9.59 Å². The second kappa shape index (κ2) is 12.9. The van der Waals surface area contributed by atoms with Crippen LogP contribution < -0.4 is 5.32 Å². The summed E-state index contributed by atoms with van der Waals surface area (Å²) in [6.45, 7) is 18.2. The lowest BCUT2D eigenvalue weighted by molar-refractivity contribution is -0.171.